The summed E-state index contributed by atoms with van der Waals surface area (Å²) in [5, 5.41) is 4.32. The van der Waals surface area contributed by atoms with Crippen LogP contribution in [0.3, 0.4) is 0 Å². The first-order valence-corrected chi connectivity index (χ1v) is 12.0. The number of ether oxygens (including phenoxy) is 1. The highest BCUT2D eigenvalue weighted by molar-refractivity contribution is 7.94. The minimum atomic E-state index is -4.05. The molecule has 0 radical (unpaired) electrons. The molecule has 1 N–H and O–H groups in total. The van der Waals surface area contributed by atoms with E-state index in [9.17, 15) is 17.6 Å². The van der Waals surface area contributed by atoms with E-state index in [-0.39, 0.29) is 9.90 Å². The molecule has 0 aliphatic heterocycles. The Hall–Kier alpha value is -1.97. The van der Waals surface area contributed by atoms with Crippen LogP contribution in [0.1, 0.15) is 32.1 Å². The fourth-order valence-electron chi connectivity index (χ4n) is 3.26. The average Bonchev–Trinajstić information content (AvgIpc) is 3.41. The van der Waals surface area contributed by atoms with Gasteiger partial charge in [-0.05, 0) is 42.8 Å². The molecule has 158 valence electrons. The van der Waals surface area contributed by atoms with Crippen molar-refractivity contribution in [2.75, 3.05) is 24.0 Å². The fourth-order valence-corrected chi connectivity index (χ4v) is 5.80. The summed E-state index contributed by atoms with van der Waals surface area (Å²) < 4.78 is 46.9. The zero-order valence-electron chi connectivity index (χ0n) is 16.1. The molecule has 1 saturated carbocycles. The van der Waals surface area contributed by atoms with Crippen LogP contribution in [0.5, 0.6) is 0 Å². The Labute approximate surface area is 174 Å². The second kappa shape index (κ2) is 10.2. The normalized spacial score (nSPS) is 14.8. The van der Waals surface area contributed by atoms with Gasteiger partial charge in [0.2, 0.25) is 5.91 Å². The van der Waals surface area contributed by atoms with Gasteiger partial charge in [0, 0.05) is 13.2 Å². The topological polar surface area (TPSA) is 75.7 Å². The first kappa shape index (κ1) is 21.7. The van der Waals surface area contributed by atoms with Gasteiger partial charge in [0.25, 0.3) is 10.0 Å². The molecule has 0 spiro atoms. The molecule has 6 nitrogen and oxygen atoms in total. The van der Waals surface area contributed by atoms with Gasteiger partial charge in [-0.3, -0.25) is 9.10 Å². The summed E-state index contributed by atoms with van der Waals surface area (Å²) in [4.78, 5) is 12.4. The number of hydrogen-bond acceptors (Lipinski definition) is 5. The van der Waals surface area contributed by atoms with E-state index in [4.69, 9.17) is 4.74 Å². The molecule has 2 aromatic rings. The van der Waals surface area contributed by atoms with Crippen LogP contribution in [0, 0.1) is 5.82 Å². The lowest BCUT2D eigenvalue weighted by Gasteiger charge is -2.23. The summed E-state index contributed by atoms with van der Waals surface area (Å²) in [5.41, 5.74) is -0.152. The van der Waals surface area contributed by atoms with Crippen LogP contribution < -0.4 is 9.62 Å². The van der Waals surface area contributed by atoms with Crippen molar-refractivity contribution in [1.29, 1.82) is 0 Å². The average molecular weight is 441 g/mol. The Morgan fingerprint density at radius 1 is 1.21 bits per heavy atom. The van der Waals surface area contributed by atoms with Gasteiger partial charge in [-0.1, -0.05) is 31.0 Å². The van der Waals surface area contributed by atoms with E-state index in [0.29, 0.717) is 25.7 Å². The van der Waals surface area contributed by atoms with Crippen molar-refractivity contribution in [2.24, 2.45) is 0 Å². The van der Waals surface area contributed by atoms with Gasteiger partial charge in [-0.2, -0.15) is 0 Å². The quantitative estimate of drug-likeness (QED) is 0.574. The van der Waals surface area contributed by atoms with Crippen LogP contribution in [0.25, 0.3) is 0 Å². The molecule has 3 rings (SSSR count). The van der Waals surface area contributed by atoms with Crippen molar-refractivity contribution < 1.29 is 22.3 Å². The highest BCUT2D eigenvalue weighted by atomic mass is 32.2. The highest BCUT2D eigenvalue weighted by Gasteiger charge is 2.29. The number of rotatable bonds is 10. The minimum absolute atomic E-state index is 0.0542. The van der Waals surface area contributed by atoms with Crippen LogP contribution in [-0.4, -0.2) is 40.1 Å². The van der Waals surface area contributed by atoms with Crippen molar-refractivity contribution in [3.8, 4) is 0 Å². The molecule has 1 aromatic carbocycles. The Balaban J connectivity index is 1.61. The third-order valence-corrected chi connectivity index (χ3v) is 7.88. The summed E-state index contributed by atoms with van der Waals surface area (Å²) in [7, 11) is -4.05. The molecule has 0 saturated heterocycles. The monoisotopic (exact) mass is 440 g/mol. The second-order valence-corrected chi connectivity index (χ2v) is 9.91. The predicted molar refractivity (Wildman–Crippen MR) is 111 cm³/mol. The Morgan fingerprint density at radius 2 is 1.97 bits per heavy atom. The van der Waals surface area contributed by atoms with Crippen molar-refractivity contribution in [3.63, 3.8) is 0 Å². The van der Waals surface area contributed by atoms with Gasteiger partial charge >= 0.3 is 0 Å². The molecule has 0 bridgehead atoms. The van der Waals surface area contributed by atoms with E-state index < -0.39 is 28.3 Å². The molecular weight excluding hydrogens is 415 g/mol. The van der Waals surface area contributed by atoms with E-state index in [1.165, 1.54) is 43.2 Å². The first-order valence-electron chi connectivity index (χ1n) is 9.67. The summed E-state index contributed by atoms with van der Waals surface area (Å²) in [6.07, 6.45) is 5.53. The van der Waals surface area contributed by atoms with Crippen molar-refractivity contribution in [3.05, 3.63) is 47.6 Å². The third kappa shape index (κ3) is 5.77. The maximum atomic E-state index is 14.3. The highest BCUT2D eigenvalue weighted by Crippen LogP contribution is 2.28. The van der Waals surface area contributed by atoms with Crippen LogP contribution in [0.15, 0.2) is 46.0 Å². The molecule has 1 aromatic heterocycles. The summed E-state index contributed by atoms with van der Waals surface area (Å²) in [6.45, 7) is 0.426. The largest absolute Gasteiger partial charge is 0.378 e. The van der Waals surface area contributed by atoms with Gasteiger partial charge in [-0.15, -0.1) is 11.3 Å². The number of carbonyl (C=O) groups excluding carboxylic acids is 1. The number of nitrogens with one attached hydrogen (secondary N) is 1. The fraction of sp³-hybridized carbons (Fsp3) is 0.450. The van der Waals surface area contributed by atoms with Crippen LogP contribution in [0.4, 0.5) is 10.1 Å². The zero-order valence-corrected chi connectivity index (χ0v) is 17.7. The standard InChI is InChI=1S/C20H25FN2O4S2/c21-17-9-3-4-10-18(17)23(29(25,26)20-11-5-14-28-20)15-19(24)22-12-6-13-27-16-7-1-2-8-16/h3-5,9-11,14,16H,1-2,6-8,12-13,15H2,(H,22,24). The maximum Gasteiger partial charge on any atom is 0.274 e. The molecular formula is C20H25FN2O4S2. The second-order valence-electron chi connectivity index (χ2n) is 6.88. The number of nitrogens with zero attached hydrogens (tertiary/aromatic N) is 1. The van der Waals surface area contributed by atoms with Gasteiger partial charge < -0.3 is 10.1 Å². The number of halogens is 1. The van der Waals surface area contributed by atoms with Crippen molar-refractivity contribution in [1.82, 2.24) is 5.32 Å². The first-order chi connectivity index (χ1) is 14.0. The molecule has 1 heterocycles. The van der Waals surface area contributed by atoms with E-state index >= 15 is 0 Å². The summed E-state index contributed by atoms with van der Waals surface area (Å²) in [6, 6.07) is 8.56. The van der Waals surface area contributed by atoms with E-state index in [0.717, 1.165) is 28.5 Å². The van der Waals surface area contributed by atoms with Crippen molar-refractivity contribution in [2.45, 2.75) is 42.4 Å². The molecule has 0 atom stereocenters. The molecule has 1 amide bonds. The summed E-state index contributed by atoms with van der Waals surface area (Å²) >= 11 is 1.02. The van der Waals surface area contributed by atoms with E-state index in [1.807, 2.05) is 0 Å². The molecule has 1 aliphatic rings. The van der Waals surface area contributed by atoms with Gasteiger partial charge in [0.1, 0.15) is 16.6 Å². The number of sulfonamides is 1. The lowest BCUT2D eigenvalue weighted by molar-refractivity contribution is -0.119. The number of hydrogen-bond donors (Lipinski definition) is 1. The van der Waals surface area contributed by atoms with Crippen LogP contribution in [-0.2, 0) is 19.6 Å². The van der Waals surface area contributed by atoms with E-state index in [2.05, 4.69) is 5.32 Å². The van der Waals surface area contributed by atoms with Crippen LogP contribution in [0.2, 0.25) is 0 Å². The number of carbonyl (C=O) groups is 1. The Morgan fingerprint density at radius 3 is 2.66 bits per heavy atom. The number of thiophene rings is 1. The molecule has 9 heteroatoms. The SMILES string of the molecule is O=C(CN(c1ccccc1F)S(=O)(=O)c1cccs1)NCCCOC1CCCC1. The lowest BCUT2D eigenvalue weighted by atomic mass is 10.3. The van der Waals surface area contributed by atoms with Crippen molar-refractivity contribution >= 4 is 33.0 Å². The molecule has 0 unspecified atom stereocenters. The molecule has 29 heavy (non-hydrogen) atoms. The lowest BCUT2D eigenvalue weighted by Crippen LogP contribution is -2.41. The number of amides is 1. The predicted octanol–water partition coefficient (Wildman–Crippen LogP) is 3.55. The third-order valence-electron chi connectivity index (χ3n) is 4.75. The summed E-state index contributed by atoms with van der Waals surface area (Å²) in [5.74, 6) is -1.19. The number of para-hydroxylation sites is 1. The van der Waals surface area contributed by atoms with Crippen LogP contribution >= 0.6 is 11.3 Å². The number of anilines is 1. The van der Waals surface area contributed by atoms with Gasteiger partial charge in [0.15, 0.2) is 0 Å². The Bertz CT molecular complexity index is 897. The molecule has 1 aliphatic carbocycles. The smallest absolute Gasteiger partial charge is 0.274 e. The minimum Gasteiger partial charge on any atom is -0.378 e. The van der Waals surface area contributed by atoms with Gasteiger partial charge in [0.05, 0.1) is 11.8 Å². The number of benzene rings is 1. The Kier molecular flexibility index (Phi) is 7.63. The van der Waals surface area contributed by atoms with E-state index in [1.54, 1.807) is 11.4 Å². The van der Waals surface area contributed by atoms with Gasteiger partial charge in [-0.25, -0.2) is 12.8 Å². The maximum absolute atomic E-state index is 14.3. The zero-order chi connectivity index (χ0) is 20.7. The molecule has 1 fully saturated rings.